The van der Waals surface area contributed by atoms with Crippen LogP contribution in [0.4, 0.5) is 0 Å². The summed E-state index contributed by atoms with van der Waals surface area (Å²) in [6.45, 7) is 5.34. The zero-order chi connectivity index (χ0) is 24.6. The number of carbonyl (C=O) groups excluding carboxylic acids is 1. The van der Waals surface area contributed by atoms with E-state index in [0.717, 1.165) is 46.8 Å². The lowest BCUT2D eigenvalue weighted by molar-refractivity contribution is 0.0710. The van der Waals surface area contributed by atoms with Crippen LogP contribution in [-0.2, 0) is 5.75 Å². The second-order valence-corrected chi connectivity index (χ2v) is 10.1. The smallest absolute Gasteiger partial charge is 0.254 e. The maximum Gasteiger partial charge on any atom is 0.254 e. The van der Waals surface area contributed by atoms with Crippen LogP contribution in [0.2, 0.25) is 0 Å². The molecule has 1 amide bonds. The molecular formula is C26H26N8OS. The summed E-state index contributed by atoms with van der Waals surface area (Å²) in [6, 6.07) is 15.7. The molecule has 1 saturated heterocycles. The molecule has 36 heavy (non-hydrogen) atoms. The summed E-state index contributed by atoms with van der Waals surface area (Å²) in [5.41, 5.74) is 4.50. The van der Waals surface area contributed by atoms with Crippen LogP contribution in [0.1, 0.15) is 51.9 Å². The fraction of sp³-hybridized carbons (Fsp3) is 0.308. The van der Waals surface area contributed by atoms with Gasteiger partial charge in [0.2, 0.25) is 5.16 Å². The number of nitrogens with zero attached hydrogens (tertiary/aromatic N) is 8. The molecule has 5 aromatic rings. The van der Waals surface area contributed by atoms with E-state index in [4.69, 9.17) is 0 Å². The molecule has 0 saturated carbocycles. The number of likely N-dealkylation sites (tertiary alicyclic amines) is 1. The highest BCUT2D eigenvalue weighted by Crippen LogP contribution is 2.29. The predicted molar refractivity (Wildman–Crippen MR) is 137 cm³/mol. The first-order valence-corrected chi connectivity index (χ1v) is 13.1. The van der Waals surface area contributed by atoms with Crippen molar-refractivity contribution in [1.29, 1.82) is 0 Å². The van der Waals surface area contributed by atoms with Gasteiger partial charge in [-0.2, -0.15) is 4.98 Å². The summed E-state index contributed by atoms with van der Waals surface area (Å²) < 4.78 is 3.81. The number of piperidine rings is 1. The molecule has 0 atom stereocenters. The Kier molecular flexibility index (Phi) is 5.88. The average molecular weight is 499 g/mol. The first kappa shape index (κ1) is 22.7. The third-order valence-corrected chi connectivity index (χ3v) is 7.58. The van der Waals surface area contributed by atoms with Gasteiger partial charge in [-0.25, -0.2) is 9.50 Å². The predicted octanol–water partition coefficient (Wildman–Crippen LogP) is 4.10. The van der Waals surface area contributed by atoms with Gasteiger partial charge in [0, 0.05) is 47.9 Å². The van der Waals surface area contributed by atoms with Crippen molar-refractivity contribution in [3.63, 3.8) is 0 Å². The molecule has 9 nitrogen and oxygen atoms in total. The Morgan fingerprint density at radius 1 is 1.03 bits per heavy atom. The number of aryl methyl sites for hydroxylation is 2. The summed E-state index contributed by atoms with van der Waals surface area (Å²) >= 11 is 1.52. The van der Waals surface area contributed by atoms with E-state index in [1.165, 1.54) is 11.8 Å². The molecule has 0 N–H and O–H groups in total. The Morgan fingerprint density at radius 3 is 2.69 bits per heavy atom. The minimum Gasteiger partial charge on any atom is -0.339 e. The molecule has 1 aliphatic heterocycles. The van der Waals surface area contributed by atoms with Gasteiger partial charge in [0.1, 0.15) is 5.82 Å². The standard InChI is InChI=1S/C26H26N8OS/c1-17-15-18(2)34-25(27-17)28-26(31-34)36-16-20-7-3-4-8-21(20)24(35)32-13-10-19(11-14-32)23-30-29-22-9-5-6-12-33(22)23/h3-9,12,15,19H,10-11,13-14,16H2,1-2H3. The molecule has 182 valence electrons. The highest BCUT2D eigenvalue weighted by molar-refractivity contribution is 7.98. The van der Waals surface area contributed by atoms with E-state index < -0.39 is 0 Å². The number of aromatic nitrogens is 7. The first-order chi connectivity index (χ1) is 17.6. The van der Waals surface area contributed by atoms with Gasteiger partial charge in [0.25, 0.3) is 11.7 Å². The van der Waals surface area contributed by atoms with Gasteiger partial charge in [-0.1, -0.05) is 36.0 Å². The fourth-order valence-electron chi connectivity index (χ4n) is 4.86. The Labute approximate surface area is 212 Å². The molecule has 0 unspecified atom stereocenters. The third-order valence-electron chi connectivity index (χ3n) is 6.69. The monoisotopic (exact) mass is 498 g/mol. The largest absolute Gasteiger partial charge is 0.339 e. The van der Waals surface area contributed by atoms with Crippen molar-refractivity contribution < 1.29 is 4.79 Å². The van der Waals surface area contributed by atoms with Crippen molar-refractivity contribution in [1.82, 2.24) is 39.1 Å². The SMILES string of the molecule is Cc1cc(C)n2nc(SCc3ccccc3C(=O)N3CCC(c4nnc5ccccn45)CC3)nc2n1. The number of benzene rings is 1. The van der Waals surface area contributed by atoms with E-state index in [1.54, 1.807) is 4.52 Å². The molecule has 6 rings (SSSR count). The van der Waals surface area contributed by atoms with Crippen molar-refractivity contribution in [2.24, 2.45) is 0 Å². The topological polar surface area (TPSA) is 93.6 Å². The Balaban J connectivity index is 1.14. The minimum absolute atomic E-state index is 0.0758. The van der Waals surface area contributed by atoms with Gasteiger partial charge in [-0.3, -0.25) is 9.20 Å². The summed E-state index contributed by atoms with van der Waals surface area (Å²) in [6.07, 6.45) is 3.75. The van der Waals surface area contributed by atoms with Crippen molar-refractivity contribution in [2.45, 2.75) is 43.5 Å². The van der Waals surface area contributed by atoms with E-state index in [1.807, 2.05) is 73.5 Å². The van der Waals surface area contributed by atoms with Crippen LogP contribution in [0.5, 0.6) is 0 Å². The summed E-state index contributed by atoms with van der Waals surface area (Å²) in [4.78, 5) is 24.5. The van der Waals surface area contributed by atoms with Crippen LogP contribution in [0, 0.1) is 13.8 Å². The second kappa shape index (κ2) is 9.34. The number of carbonyl (C=O) groups is 1. The number of rotatable bonds is 5. The van der Waals surface area contributed by atoms with Crippen LogP contribution in [0.3, 0.4) is 0 Å². The summed E-state index contributed by atoms with van der Waals surface area (Å²) in [7, 11) is 0. The van der Waals surface area contributed by atoms with Gasteiger partial charge >= 0.3 is 0 Å². The van der Waals surface area contributed by atoms with E-state index in [-0.39, 0.29) is 5.91 Å². The fourth-order valence-corrected chi connectivity index (χ4v) is 5.68. The number of hydrogen-bond donors (Lipinski definition) is 0. The molecule has 0 aliphatic carbocycles. The van der Waals surface area contributed by atoms with E-state index in [0.29, 0.717) is 35.7 Å². The van der Waals surface area contributed by atoms with Crippen LogP contribution < -0.4 is 0 Å². The summed E-state index contributed by atoms with van der Waals surface area (Å²) in [5, 5.41) is 14.0. The van der Waals surface area contributed by atoms with Crippen LogP contribution in [0.15, 0.2) is 59.9 Å². The molecular weight excluding hydrogens is 472 g/mol. The molecule has 4 aromatic heterocycles. The molecule has 1 aliphatic rings. The Bertz CT molecular complexity index is 1570. The molecule has 1 aromatic carbocycles. The van der Waals surface area contributed by atoms with Gasteiger partial charge < -0.3 is 4.90 Å². The maximum atomic E-state index is 13.5. The van der Waals surface area contributed by atoms with Gasteiger partial charge in [-0.05, 0) is 56.5 Å². The van der Waals surface area contributed by atoms with E-state index in [2.05, 4.69) is 29.7 Å². The second-order valence-electron chi connectivity index (χ2n) is 9.14. The van der Waals surface area contributed by atoms with Gasteiger partial charge in [0.15, 0.2) is 5.65 Å². The highest BCUT2D eigenvalue weighted by Gasteiger charge is 2.28. The van der Waals surface area contributed by atoms with E-state index >= 15 is 0 Å². The lowest BCUT2D eigenvalue weighted by Gasteiger charge is -2.31. The van der Waals surface area contributed by atoms with Crippen molar-refractivity contribution in [2.75, 3.05) is 13.1 Å². The quantitative estimate of drug-likeness (QED) is 0.337. The Hall–Kier alpha value is -3.79. The van der Waals surface area contributed by atoms with Crippen LogP contribution >= 0.6 is 11.8 Å². The molecule has 0 spiro atoms. The Morgan fingerprint density at radius 2 is 1.83 bits per heavy atom. The minimum atomic E-state index is 0.0758. The van der Waals surface area contributed by atoms with Gasteiger partial charge in [-0.15, -0.1) is 15.3 Å². The molecule has 10 heteroatoms. The van der Waals surface area contributed by atoms with Crippen molar-refractivity contribution >= 4 is 29.1 Å². The first-order valence-electron chi connectivity index (χ1n) is 12.1. The maximum absolute atomic E-state index is 13.5. The highest BCUT2D eigenvalue weighted by atomic mass is 32.2. The lowest BCUT2D eigenvalue weighted by atomic mass is 9.95. The van der Waals surface area contributed by atoms with E-state index in [9.17, 15) is 4.79 Å². The molecule has 0 radical (unpaired) electrons. The summed E-state index contributed by atoms with van der Waals surface area (Å²) in [5.74, 6) is 2.56. The number of amides is 1. The zero-order valence-corrected chi connectivity index (χ0v) is 21.0. The normalized spacial score (nSPS) is 14.7. The number of pyridine rings is 1. The molecule has 1 fully saturated rings. The van der Waals surface area contributed by atoms with Gasteiger partial charge in [0.05, 0.1) is 0 Å². The lowest BCUT2D eigenvalue weighted by Crippen LogP contribution is -2.38. The number of hydrogen-bond acceptors (Lipinski definition) is 7. The third kappa shape index (κ3) is 4.21. The van der Waals surface area contributed by atoms with Crippen LogP contribution in [-0.4, -0.2) is 58.1 Å². The number of thioether (sulfide) groups is 1. The van der Waals surface area contributed by atoms with Crippen molar-refractivity contribution in [3.8, 4) is 0 Å². The molecule has 5 heterocycles. The zero-order valence-electron chi connectivity index (χ0n) is 20.2. The van der Waals surface area contributed by atoms with Crippen LogP contribution in [0.25, 0.3) is 11.4 Å². The molecule has 0 bridgehead atoms. The van der Waals surface area contributed by atoms with Crippen molar-refractivity contribution in [3.05, 3.63) is 83.1 Å². The average Bonchev–Trinajstić information content (AvgIpc) is 3.52. The number of fused-ring (bicyclic) bond motifs is 2.